The number of benzene rings is 1. The Morgan fingerprint density at radius 3 is 2.71 bits per heavy atom. The first-order chi connectivity index (χ1) is 16.7. The van der Waals surface area contributed by atoms with E-state index >= 15 is 0 Å². The molecule has 0 saturated carbocycles. The molecule has 1 unspecified atom stereocenters. The highest BCUT2D eigenvalue weighted by Gasteiger charge is 2.25. The van der Waals surface area contributed by atoms with Gasteiger partial charge >= 0.3 is 0 Å². The van der Waals surface area contributed by atoms with Crippen LogP contribution in [0.5, 0.6) is 5.75 Å². The monoisotopic (exact) mass is 494 g/mol. The van der Waals surface area contributed by atoms with E-state index in [9.17, 15) is 5.11 Å². The zero-order valence-corrected chi connectivity index (χ0v) is 21.3. The second-order valence-corrected chi connectivity index (χ2v) is 10.1. The van der Waals surface area contributed by atoms with Gasteiger partial charge in [-0.2, -0.15) is 5.10 Å². The SMILES string of the molecule is Cc1c(-c2cc(OC(C)c3ccccc3C(C)(C)O)c3c(Cl)cnn3c2)nnn1C1CCNCC1. The summed E-state index contributed by atoms with van der Waals surface area (Å²) in [6.07, 6.45) is 5.25. The first kappa shape index (κ1) is 23.8. The van der Waals surface area contributed by atoms with Gasteiger partial charge in [-0.15, -0.1) is 5.10 Å². The van der Waals surface area contributed by atoms with Gasteiger partial charge in [-0.3, -0.25) is 0 Å². The minimum atomic E-state index is -0.996. The number of piperidine rings is 1. The summed E-state index contributed by atoms with van der Waals surface area (Å²) in [5.41, 5.74) is 4.09. The van der Waals surface area contributed by atoms with Gasteiger partial charge in [0.15, 0.2) is 0 Å². The Hall–Kier alpha value is -2.94. The quantitative estimate of drug-likeness (QED) is 0.398. The van der Waals surface area contributed by atoms with E-state index in [-0.39, 0.29) is 6.10 Å². The molecule has 1 aliphatic heterocycles. The molecule has 4 heterocycles. The average molecular weight is 495 g/mol. The highest BCUT2D eigenvalue weighted by molar-refractivity contribution is 6.34. The van der Waals surface area contributed by atoms with Crippen molar-refractivity contribution in [1.82, 2.24) is 29.9 Å². The number of hydrogen-bond donors (Lipinski definition) is 2. The summed E-state index contributed by atoms with van der Waals surface area (Å²) in [6.45, 7) is 9.55. The summed E-state index contributed by atoms with van der Waals surface area (Å²) in [5, 5.41) is 28.0. The molecule has 0 radical (unpaired) electrons. The number of ether oxygens (including phenoxy) is 1. The fraction of sp³-hybridized carbons (Fsp3) is 0.423. The molecule has 35 heavy (non-hydrogen) atoms. The third-order valence-corrected chi connectivity index (χ3v) is 7.03. The van der Waals surface area contributed by atoms with E-state index in [2.05, 4.69) is 27.7 Å². The predicted molar refractivity (Wildman–Crippen MR) is 136 cm³/mol. The largest absolute Gasteiger partial charge is 0.484 e. The molecule has 184 valence electrons. The van der Waals surface area contributed by atoms with Crippen LogP contribution in [0.25, 0.3) is 16.8 Å². The van der Waals surface area contributed by atoms with Crippen LogP contribution in [0.2, 0.25) is 5.02 Å². The van der Waals surface area contributed by atoms with Crippen LogP contribution in [-0.2, 0) is 5.60 Å². The Morgan fingerprint density at radius 1 is 1.23 bits per heavy atom. The zero-order valence-electron chi connectivity index (χ0n) is 20.5. The molecule has 2 N–H and O–H groups in total. The Labute approximate surface area is 209 Å². The highest BCUT2D eigenvalue weighted by Crippen LogP contribution is 2.37. The maximum absolute atomic E-state index is 10.7. The van der Waals surface area contributed by atoms with E-state index in [1.54, 1.807) is 24.6 Å². The van der Waals surface area contributed by atoms with E-state index in [0.717, 1.165) is 54.0 Å². The van der Waals surface area contributed by atoms with Gasteiger partial charge in [0.25, 0.3) is 0 Å². The van der Waals surface area contributed by atoms with Crippen molar-refractivity contribution in [2.24, 2.45) is 0 Å². The molecule has 1 atom stereocenters. The lowest BCUT2D eigenvalue weighted by molar-refractivity contribution is 0.0748. The summed E-state index contributed by atoms with van der Waals surface area (Å²) in [4.78, 5) is 0. The van der Waals surface area contributed by atoms with Crippen LogP contribution < -0.4 is 10.1 Å². The van der Waals surface area contributed by atoms with E-state index in [1.807, 2.05) is 48.1 Å². The van der Waals surface area contributed by atoms with Gasteiger partial charge in [0.05, 0.1) is 28.6 Å². The van der Waals surface area contributed by atoms with Gasteiger partial charge in [-0.05, 0) is 70.8 Å². The highest BCUT2D eigenvalue weighted by atomic mass is 35.5. The molecule has 8 nitrogen and oxygen atoms in total. The van der Waals surface area contributed by atoms with Gasteiger partial charge in [0.2, 0.25) is 0 Å². The first-order valence-corrected chi connectivity index (χ1v) is 12.4. The third kappa shape index (κ3) is 4.53. The molecular weight excluding hydrogens is 464 g/mol. The zero-order chi connectivity index (χ0) is 24.7. The second kappa shape index (κ2) is 9.26. The minimum Gasteiger partial charge on any atom is -0.484 e. The van der Waals surface area contributed by atoms with Crippen molar-refractivity contribution < 1.29 is 9.84 Å². The van der Waals surface area contributed by atoms with Crippen LogP contribution >= 0.6 is 11.6 Å². The first-order valence-electron chi connectivity index (χ1n) is 12.0. The molecule has 0 aliphatic carbocycles. The molecule has 1 aromatic carbocycles. The standard InChI is InChI=1S/C26H31ClN6O2/c1-16-24(30-31-33(16)19-9-11-28-12-10-19)18-13-23(25-22(27)14-29-32(25)15-18)35-17(2)20-7-5-6-8-21(20)26(3,4)34/h5-8,13-15,17,19,28,34H,9-12H2,1-4H3. The van der Waals surface area contributed by atoms with Crippen molar-refractivity contribution in [2.75, 3.05) is 13.1 Å². The maximum Gasteiger partial charge on any atom is 0.148 e. The molecule has 5 rings (SSSR count). The number of rotatable bonds is 6. The van der Waals surface area contributed by atoms with Crippen molar-refractivity contribution >= 4 is 17.1 Å². The fourth-order valence-electron chi connectivity index (χ4n) is 4.94. The number of halogens is 1. The Morgan fingerprint density at radius 2 is 1.97 bits per heavy atom. The number of fused-ring (bicyclic) bond motifs is 1. The van der Waals surface area contributed by atoms with Crippen molar-refractivity contribution in [1.29, 1.82) is 0 Å². The summed E-state index contributed by atoms with van der Waals surface area (Å²) >= 11 is 6.51. The Balaban J connectivity index is 1.54. The number of aliphatic hydroxyl groups is 1. The Kier molecular flexibility index (Phi) is 6.29. The summed E-state index contributed by atoms with van der Waals surface area (Å²) in [5.74, 6) is 0.596. The van der Waals surface area contributed by atoms with Crippen molar-refractivity contribution in [2.45, 2.75) is 58.3 Å². The predicted octanol–water partition coefficient (Wildman–Crippen LogP) is 4.85. The van der Waals surface area contributed by atoms with Crippen LogP contribution in [0.4, 0.5) is 0 Å². The maximum atomic E-state index is 10.7. The average Bonchev–Trinajstić information content (AvgIpc) is 3.41. The van der Waals surface area contributed by atoms with Crippen LogP contribution in [0.15, 0.2) is 42.7 Å². The summed E-state index contributed by atoms with van der Waals surface area (Å²) in [6, 6.07) is 10.1. The van der Waals surface area contributed by atoms with E-state index in [1.165, 1.54) is 0 Å². The minimum absolute atomic E-state index is 0.339. The molecule has 0 spiro atoms. The molecule has 1 saturated heterocycles. The number of nitrogens with zero attached hydrogens (tertiary/aromatic N) is 5. The molecule has 1 aliphatic rings. The Bertz CT molecular complexity index is 1350. The smallest absolute Gasteiger partial charge is 0.148 e. The van der Waals surface area contributed by atoms with Crippen LogP contribution in [-0.4, -0.2) is 42.8 Å². The molecule has 4 aromatic rings. The third-order valence-electron chi connectivity index (χ3n) is 6.75. The van der Waals surface area contributed by atoms with Crippen molar-refractivity contribution in [3.05, 3.63) is 64.6 Å². The second-order valence-electron chi connectivity index (χ2n) is 9.73. The van der Waals surface area contributed by atoms with E-state index in [0.29, 0.717) is 22.3 Å². The normalized spacial score (nSPS) is 16.1. The lowest BCUT2D eigenvalue weighted by Crippen LogP contribution is -2.30. The van der Waals surface area contributed by atoms with Gasteiger partial charge in [0.1, 0.15) is 23.1 Å². The topological polar surface area (TPSA) is 89.5 Å². The summed E-state index contributed by atoms with van der Waals surface area (Å²) < 4.78 is 10.3. The lowest BCUT2D eigenvalue weighted by Gasteiger charge is -2.25. The van der Waals surface area contributed by atoms with Crippen LogP contribution in [0, 0.1) is 6.92 Å². The van der Waals surface area contributed by atoms with E-state index < -0.39 is 5.60 Å². The van der Waals surface area contributed by atoms with Crippen molar-refractivity contribution in [3.8, 4) is 17.0 Å². The number of aromatic nitrogens is 5. The molecule has 3 aromatic heterocycles. The molecule has 1 fully saturated rings. The van der Waals surface area contributed by atoms with E-state index in [4.69, 9.17) is 16.3 Å². The molecular formula is C26H31ClN6O2. The van der Waals surface area contributed by atoms with Crippen molar-refractivity contribution in [3.63, 3.8) is 0 Å². The van der Waals surface area contributed by atoms with Gasteiger partial charge in [0, 0.05) is 11.8 Å². The number of hydrogen-bond acceptors (Lipinski definition) is 6. The van der Waals surface area contributed by atoms with Gasteiger partial charge in [-0.25, -0.2) is 9.20 Å². The summed E-state index contributed by atoms with van der Waals surface area (Å²) in [7, 11) is 0. The number of pyridine rings is 1. The fourth-order valence-corrected chi connectivity index (χ4v) is 5.16. The molecule has 0 bridgehead atoms. The van der Waals surface area contributed by atoms with Gasteiger partial charge < -0.3 is 15.2 Å². The van der Waals surface area contributed by atoms with Crippen LogP contribution in [0.1, 0.15) is 62.6 Å². The lowest BCUT2D eigenvalue weighted by atomic mass is 9.91. The molecule has 0 amide bonds. The molecule has 9 heteroatoms. The van der Waals surface area contributed by atoms with Crippen LogP contribution in [0.3, 0.4) is 0 Å². The number of nitrogens with one attached hydrogen (secondary N) is 1. The van der Waals surface area contributed by atoms with Gasteiger partial charge in [-0.1, -0.05) is 41.1 Å².